The van der Waals surface area contributed by atoms with E-state index in [2.05, 4.69) is 5.32 Å². The molecule has 0 atom stereocenters. The zero-order valence-corrected chi connectivity index (χ0v) is 13.6. The molecular formula is C15H20ClNO5. The first-order valence-corrected chi connectivity index (χ1v) is 7.23. The topological polar surface area (TPSA) is 84.9 Å². The highest BCUT2D eigenvalue weighted by Gasteiger charge is 2.16. The molecule has 0 radical (unpaired) electrons. The molecular weight excluding hydrogens is 310 g/mol. The van der Waals surface area contributed by atoms with Crippen LogP contribution >= 0.6 is 11.6 Å². The van der Waals surface area contributed by atoms with Crippen molar-refractivity contribution in [1.82, 2.24) is 5.32 Å². The predicted molar refractivity (Wildman–Crippen MR) is 82.9 cm³/mol. The molecule has 0 aliphatic rings. The van der Waals surface area contributed by atoms with Crippen LogP contribution < -0.4 is 14.8 Å². The Morgan fingerprint density at radius 2 is 2.05 bits per heavy atom. The summed E-state index contributed by atoms with van der Waals surface area (Å²) in [4.78, 5) is 22.4. The van der Waals surface area contributed by atoms with Crippen molar-refractivity contribution in [3.8, 4) is 11.5 Å². The molecule has 0 unspecified atom stereocenters. The first-order valence-electron chi connectivity index (χ1n) is 6.85. The minimum absolute atomic E-state index is 0.0414. The minimum Gasteiger partial charge on any atom is -0.493 e. The number of hydrogen-bond donors (Lipinski definition) is 2. The van der Waals surface area contributed by atoms with Gasteiger partial charge in [-0.3, -0.25) is 9.59 Å². The Labute approximate surface area is 134 Å². The minimum atomic E-state index is -0.978. The Morgan fingerprint density at radius 3 is 2.59 bits per heavy atom. The second kappa shape index (κ2) is 8.48. The number of nitrogens with one attached hydrogen (secondary N) is 1. The molecule has 0 bridgehead atoms. The summed E-state index contributed by atoms with van der Waals surface area (Å²) in [5, 5.41) is 11.3. The molecule has 0 saturated heterocycles. The lowest BCUT2D eigenvalue weighted by molar-refractivity contribution is -0.136. The van der Waals surface area contributed by atoms with Gasteiger partial charge in [0, 0.05) is 12.1 Å². The number of methoxy groups -OCH3 is 1. The third kappa shape index (κ3) is 5.44. The molecule has 0 aliphatic carbocycles. The molecule has 1 amide bonds. The third-order valence-electron chi connectivity index (χ3n) is 2.68. The van der Waals surface area contributed by atoms with Crippen LogP contribution in [0, 0.1) is 5.92 Å². The molecule has 22 heavy (non-hydrogen) atoms. The maximum Gasteiger partial charge on any atom is 0.305 e. The van der Waals surface area contributed by atoms with Crippen LogP contribution in [0.2, 0.25) is 5.02 Å². The maximum absolute atomic E-state index is 12.0. The van der Waals surface area contributed by atoms with E-state index in [4.69, 9.17) is 26.2 Å². The number of carboxylic acids is 1. The second-order valence-electron chi connectivity index (χ2n) is 5.09. The summed E-state index contributed by atoms with van der Waals surface area (Å²) in [7, 11) is 1.46. The van der Waals surface area contributed by atoms with Gasteiger partial charge in [-0.2, -0.15) is 0 Å². The number of hydrogen-bond acceptors (Lipinski definition) is 4. The summed E-state index contributed by atoms with van der Waals surface area (Å²) in [5.41, 5.74) is 0.282. The Morgan fingerprint density at radius 1 is 1.36 bits per heavy atom. The molecule has 122 valence electrons. The molecule has 0 heterocycles. The summed E-state index contributed by atoms with van der Waals surface area (Å²) in [6.07, 6.45) is -0.147. The number of benzene rings is 1. The molecule has 1 aromatic rings. The fourth-order valence-corrected chi connectivity index (χ4v) is 1.89. The van der Waals surface area contributed by atoms with E-state index < -0.39 is 11.9 Å². The van der Waals surface area contributed by atoms with Gasteiger partial charge >= 0.3 is 5.97 Å². The number of amides is 1. The van der Waals surface area contributed by atoms with E-state index in [-0.39, 0.29) is 23.6 Å². The van der Waals surface area contributed by atoms with Gasteiger partial charge in [0.05, 0.1) is 25.2 Å². The van der Waals surface area contributed by atoms with Crippen molar-refractivity contribution in [3.05, 3.63) is 22.7 Å². The van der Waals surface area contributed by atoms with Crippen LogP contribution in [0.4, 0.5) is 0 Å². The zero-order chi connectivity index (χ0) is 16.7. The molecule has 2 N–H and O–H groups in total. The average molecular weight is 330 g/mol. The van der Waals surface area contributed by atoms with E-state index in [0.29, 0.717) is 24.0 Å². The standard InChI is InChI=1S/C15H20ClNO5/c1-9(2)8-22-14-11(16)6-10(7-12(14)21-3)15(20)17-5-4-13(18)19/h6-7,9H,4-5,8H2,1-3H3,(H,17,20)(H,18,19). The molecule has 0 aliphatic heterocycles. The number of halogens is 1. The van der Waals surface area contributed by atoms with Crippen molar-refractivity contribution in [3.63, 3.8) is 0 Å². The molecule has 0 spiro atoms. The van der Waals surface area contributed by atoms with E-state index in [1.807, 2.05) is 13.8 Å². The highest BCUT2D eigenvalue weighted by atomic mass is 35.5. The number of rotatable bonds is 8. The fraction of sp³-hybridized carbons (Fsp3) is 0.467. The van der Waals surface area contributed by atoms with Crippen LogP contribution in [0.5, 0.6) is 11.5 Å². The molecule has 0 aromatic heterocycles. The average Bonchev–Trinajstić information content (AvgIpc) is 2.44. The largest absolute Gasteiger partial charge is 0.493 e. The normalized spacial score (nSPS) is 10.4. The summed E-state index contributed by atoms with van der Waals surface area (Å²) in [5.74, 6) is -0.332. The number of carbonyl (C=O) groups excluding carboxylic acids is 1. The molecule has 0 fully saturated rings. The molecule has 1 rings (SSSR count). The van der Waals surface area contributed by atoms with Gasteiger partial charge < -0.3 is 19.9 Å². The van der Waals surface area contributed by atoms with E-state index in [1.54, 1.807) is 0 Å². The van der Waals surface area contributed by atoms with Crippen LogP contribution in [-0.4, -0.2) is 37.2 Å². The van der Waals surface area contributed by atoms with Crippen LogP contribution in [0.25, 0.3) is 0 Å². The maximum atomic E-state index is 12.0. The van der Waals surface area contributed by atoms with Gasteiger partial charge in [-0.25, -0.2) is 0 Å². The van der Waals surface area contributed by atoms with E-state index >= 15 is 0 Å². The van der Waals surface area contributed by atoms with Gasteiger partial charge in [0.2, 0.25) is 0 Å². The Hall–Kier alpha value is -1.95. The first kappa shape index (κ1) is 18.1. The highest BCUT2D eigenvalue weighted by Crippen LogP contribution is 2.36. The molecule has 7 heteroatoms. The van der Waals surface area contributed by atoms with Crippen molar-refractivity contribution >= 4 is 23.5 Å². The van der Waals surface area contributed by atoms with Gasteiger partial charge in [-0.1, -0.05) is 25.4 Å². The zero-order valence-electron chi connectivity index (χ0n) is 12.8. The summed E-state index contributed by atoms with van der Waals surface area (Å²) < 4.78 is 10.8. The Balaban J connectivity index is 2.87. The van der Waals surface area contributed by atoms with Crippen molar-refractivity contribution in [2.75, 3.05) is 20.3 Å². The lowest BCUT2D eigenvalue weighted by Gasteiger charge is -2.15. The fourth-order valence-electron chi connectivity index (χ4n) is 1.63. The molecule has 1 aromatic carbocycles. The van der Waals surface area contributed by atoms with Gasteiger partial charge in [-0.15, -0.1) is 0 Å². The Kier molecular flexibility index (Phi) is 6.98. The predicted octanol–water partition coefficient (Wildman–Crippen LogP) is 2.59. The van der Waals surface area contributed by atoms with Gasteiger partial charge in [-0.05, 0) is 18.1 Å². The van der Waals surface area contributed by atoms with E-state index in [1.165, 1.54) is 19.2 Å². The number of carbonyl (C=O) groups is 2. The van der Waals surface area contributed by atoms with Crippen LogP contribution in [0.15, 0.2) is 12.1 Å². The monoisotopic (exact) mass is 329 g/mol. The highest BCUT2D eigenvalue weighted by molar-refractivity contribution is 6.32. The molecule has 6 nitrogen and oxygen atoms in total. The van der Waals surface area contributed by atoms with Crippen molar-refractivity contribution in [2.24, 2.45) is 5.92 Å². The van der Waals surface area contributed by atoms with E-state index in [0.717, 1.165) is 0 Å². The number of carboxylic acid groups (broad SMARTS) is 1. The van der Waals surface area contributed by atoms with Crippen molar-refractivity contribution in [1.29, 1.82) is 0 Å². The number of aliphatic carboxylic acids is 1. The quantitative estimate of drug-likeness (QED) is 0.765. The van der Waals surface area contributed by atoms with Gasteiger partial charge in [0.15, 0.2) is 11.5 Å². The first-order chi connectivity index (χ1) is 10.3. The van der Waals surface area contributed by atoms with Crippen LogP contribution in [0.1, 0.15) is 30.6 Å². The SMILES string of the molecule is COc1cc(C(=O)NCCC(=O)O)cc(Cl)c1OCC(C)C. The second-order valence-corrected chi connectivity index (χ2v) is 5.50. The summed E-state index contributed by atoms with van der Waals surface area (Å²) in [6.45, 7) is 4.52. The third-order valence-corrected chi connectivity index (χ3v) is 2.96. The van der Waals surface area contributed by atoms with Crippen LogP contribution in [-0.2, 0) is 4.79 Å². The van der Waals surface area contributed by atoms with Gasteiger partial charge in [0.25, 0.3) is 5.91 Å². The number of ether oxygens (including phenoxy) is 2. The summed E-state index contributed by atoms with van der Waals surface area (Å²) >= 11 is 6.15. The Bertz CT molecular complexity index is 545. The van der Waals surface area contributed by atoms with E-state index in [9.17, 15) is 9.59 Å². The lowest BCUT2D eigenvalue weighted by Crippen LogP contribution is -2.26. The molecule has 0 saturated carbocycles. The summed E-state index contributed by atoms with van der Waals surface area (Å²) in [6, 6.07) is 2.98. The van der Waals surface area contributed by atoms with Gasteiger partial charge in [0.1, 0.15) is 0 Å². The van der Waals surface area contributed by atoms with Crippen LogP contribution in [0.3, 0.4) is 0 Å². The van der Waals surface area contributed by atoms with Crippen molar-refractivity contribution in [2.45, 2.75) is 20.3 Å². The smallest absolute Gasteiger partial charge is 0.305 e. The van der Waals surface area contributed by atoms with Crippen molar-refractivity contribution < 1.29 is 24.2 Å². The lowest BCUT2D eigenvalue weighted by atomic mass is 10.1.